The zero-order chi connectivity index (χ0) is 24.9. The van der Waals surface area contributed by atoms with Crippen LogP contribution in [-0.4, -0.2) is 59.6 Å². The van der Waals surface area contributed by atoms with Crippen molar-refractivity contribution in [1.29, 1.82) is 0 Å². The van der Waals surface area contributed by atoms with Gasteiger partial charge in [-0.1, -0.05) is 18.7 Å². The van der Waals surface area contributed by atoms with Crippen molar-refractivity contribution < 1.29 is 9.18 Å². The van der Waals surface area contributed by atoms with E-state index >= 15 is 0 Å². The summed E-state index contributed by atoms with van der Waals surface area (Å²) in [6.45, 7) is 5.20. The molecule has 0 spiro atoms. The topological polar surface area (TPSA) is 77.8 Å². The summed E-state index contributed by atoms with van der Waals surface area (Å²) >= 11 is 0. The minimum Gasteiger partial charge on any atom is -0.372 e. The summed E-state index contributed by atoms with van der Waals surface area (Å²) in [6.07, 6.45) is 2.93. The van der Waals surface area contributed by atoms with Gasteiger partial charge in [-0.25, -0.2) is 13.9 Å². The lowest BCUT2D eigenvalue weighted by Gasteiger charge is -2.24. The second-order valence-electron chi connectivity index (χ2n) is 8.42. The summed E-state index contributed by atoms with van der Waals surface area (Å²) in [5.41, 5.74) is 4.47. The highest BCUT2D eigenvalue weighted by molar-refractivity contribution is 6.01. The number of amides is 1. The molecular weight excluding hydrogens is 445 g/mol. The first-order valence-electron chi connectivity index (χ1n) is 11.1. The van der Waals surface area contributed by atoms with Crippen LogP contribution in [0, 0.1) is 5.82 Å². The molecular formula is C26H28FN7O. The lowest BCUT2D eigenvalue weighted by molar-refractivity contribution is -0.111. The number of hydrogen-bond donors (Lipinski definition) is 2. The normalized spacial score (nSPS) is 11.0. The summed E-state index contributed by atoms with van der Waals surface area (Å²) in [5, 5.41) is 10.7. The Bertz CT molecular complexity index is 1370. The fraction of sp³-hybridized carbons (Fsp3) is 0.192. The third-order valence-electron chi connectivity index (χ3n) is 5.51. The van der Waals surface area contributed by atoms with Crippen molar-refractivity contribution in [1.82, 2.24) is 19.5 Å². The molecule has 4 rings (SSSR count). The Morgan fingerprint density at radius 1 is 1.11 bits per heavy atom. The summed E-state index contributed by atoms with van der Waals surface area (Å²) in [7, 11) is 6.01. The number of carbonyl (C=O) groups is 1. The lowest BCUT2D eigenvalue weighted by atomic mass is 10.1. The summed E-state index contributed by atoms with van der Waals surface area (Å²) in [4.78, 5) is 20.7. The second-order valence-corrected chi connectivity index (χ2v) is 8.42. The fourth-order valence-electron chi connectivity index (χ4n) is 3.66. The van der Waals surface area contributed by atoms with Gasteiger partial charge in [-0.2, -0.15) is 0 Å². The Kier molecular flexibility index (Phi) is 7.07. The van der Waals surface area contributed by atoms with Gasteiger partial charge < -0.3 is 20.4 Å². The molecule has 180 valence electrons. The molecule has 4 aromatic rings. The molecule has 0 fully saturated rings. The summed E-state index contributed by atoms with van der Waals surface area (Å²) in [6, 6.07) is 15.8. The molecule has 0 radical (unpaired) electrons. The monoisotopic (exact) mass is 473 g/mol. The maximum Gasteiger partial charge on any atom is 0.247 e. The quantitative estimate of drug-likeness (QED) is 0.351. The molecule has 0 aliphatic heterocycles. The molecule has 9 heteroatoms. The molecule has 0 aliphatic carbocycles. The van der Waals surface area contributed by atoms with E-state index in [1.54, 1.807) is 16.8 Å². The first kappa shape index (κ1) is 23.9. The molecule has 8 nitrogen and oxygen atoms in total. The Hall–Kier alpha value is -4.24. The Morgan fingerprint density at radius 3 is 2.69 bits per heavy atom. The third kappa shape index (κ3) is 5.64. The molecule has 0 saturated heterocycles. The highest BCUT2D eigenvalue weighted by atomic mass is 19.1. The van der Waals surface area contributed by atoms with E-state index in [9.17, 15) is 9.18 Å². The minimum atomic E-state index is -0.311. The Balaban J connectivity index is 1.64. The smallest absolute Gasteiger partial charge is 0.247 e. The van der Waals surface area contributed by atoms with Gasteiger partial charge in [0.05, 0.1) is 28.8 Å². The van der Waals surface area contributed by atoms with Crippen LogP contribution in [0.2, 0.25) is 0 Å². The lowest BCUT2D eigenvalue weighted by Crippen LogP contribution is -2.29. The number of anilines is 4. The first-order valence-corrected chi connectivity index (χ1v) is 11.1. The number of benzene rings is 2. The highest BCUT2D eigenvalue weighted by Crippen LogP contribution is 2.30. The van der Waals surface area contributed by atoms with E-state index in [1.165, 1.54) is 18.2 Å². The predicted octanol–water partition coefficient (Wildman–Crippen LogP) is 4.40. The molecule has 0 atom stereocenters. The number of halogens is 1. The van der Waals surface area contributed by atoms with Gasteiger partial charge in [0.2, 0.25) is 11.9 Å². The van der Waals surface area contributed by atoms with E-state index in [1.807, 2.05) is 57.5 Å². The van der Waals surface area contributed by atoms with Gasteiger partial charge >= 0.3 is 0 Å². The van der Waals surface area contributed by atoms with E-state index in [2.05, 4.69) is 37.1 Å². The zero-order valence-electron chi connectivity index (χ0n) is 20.0. The van der Waals surface area contributed by atoms with E-state index in [4.69, 9.17) is 0 Å². The van der Waals surface area contributed by atoms with Crippen LogP contribution in [-0.2, 0) is 4.79 Å². The number of carbonyl (C=O) groups excluding carboxylic acids is 1. The van der Waals surface area contributed by atoms with Gasteiger partial charge in [-0.05, 0) is 62.6 Å². The van der Waals surface area contributed by atoms with Gasteiger partial charge in [-0.3, -0.25) is 4.79 Å². The molecule has 1 amide bonds. The van der Waals surface area contributed by atoms with Crippen molar-refractivity contribution in [2.24, 2.45) is 0 Å². The third-order valence-corrected chi connectivity index (χ3v) is 5.51. The van der Waals surface area contributed by atoms with Gasteiger partial charge in [0.15, 0.2) is 0 Å². The van der Waals surface area contributed by atoms with Crippen LogP contribution in [0.15, 0.2) is 73.4 Å². The van der Waals surface area contributed by atoms with Crippen molar-refractivity contribution in [3.8, 4) is 11.3 Å². The number of hydrogen-bond acceptors (Lipinski definition) is 6. The van der Waals surface area contributed by atoms with Crippen LogP contribution in [0.1, 0.15) is 0 Å². The molecule has 2 aromatic heterocycles. The van der Waals surface area contributed by atoms with Crippen LogP contribution in [0.5, 0.6) is 0 Å². The molecule has 2 N–H and O–H groups in total. The fourth-order valence-corrected chi connectivity index (χ4v) is 3.66. The van der Waals surface area contributed by atoms with E-state index in [0.29, 0.717) is 22.9 Å². The molecule has 2 heterocycles. The number of fused-ring (bicyclic) bond motifs is 1. The SMILES string of the molecule is C=CC(=O)Nc1cc(Nc2ncc3ccc(-c4cccc(F)c4)n3n2)ccc1N(C)CCN(C)C. The maximum atomic E-state index is 13.8. The molecule has 0 bridgehead atoms. The number of likely N-dealkylation sites (N-methyl/N-ethyl adjacent to an activating group) is 2. The van der Waals surface area contributed by atoms with E-state index in [-0.39, 0.29) is 11.7 Å². The molecule has 2 aromatic carbocycles. The van der Waals surface area contributed by atoms with Crippen LogP contribution in [0.25, 0.3) is 16.8 Å². The van der Waals surface area contributed by atoms with Crippen molar-refractivity contribution in [3.05, 3.63) is 79.3 Å². The first-order chi connectivity index (χ1) is 16.8. The second kappa shape index (κ2) is 10.4. The molecule has 0 unspecified atom stereocenters. The number of nitrogens with one attached hydrogen (secondary N) is 2. The van der Waals surface area contributed by atoms with Gasteiger partial charge in [0.1, 0.15) is 5.82 Å². The predicted molar refractivity (Wildman–Crippen MR) is 139 cm³/mol. The van der Waals surface area contributed by atoms with E-state index < -0.39 is 0 Å². The maximum absolute atomic E-state index is 13.8. The minimum absolute atomic E-state index is 0.297. The van der Waals surface area contributed by atoms with Crippen LogP contribution in [0.3, 0.4) is 0 Å². The average Bonchev–Trinajstić information content (AvgIpc) is 3.26. The summed E-state index contributed by atoms with van der Waals surface area (Å²) < 4.78 is 15.5. The standard InChI is InChI=1S/C26H28FN7O/c1-5-25(35)30-22-16-20(9-11-24(22)33(4)14-13-32(2)3)29-26-28-17-21-10-12-23(34(21)31-26)18-7-6-8-19(27)15-18/h5-12,15-17H,1,13-14H2,2-4H3,(H,29,31)(H,30,35). The molecule has 0 saturated carbocycles. The molecule has 0 aliphatic rings. The van der Waals surface area contributed by atoms with Crippen molar-refractivity contribution in [2.75, 3.05) is 49.8 Å². The van der Waals surface area contributed by atoms with Crippen molar-refractivity contribution >= 4 is 34.4 Å². The highest BCUT2D eigenvalue weighted by Gasteiger charge is 2.13. The van der Waals surface area contributed by atoms with Crippen LogP contribution < -0.4 is 15.5 Å². The zero-order valence-corrected chi connectivity index (χ0v) is 20.0. The Morgan fingerprint density at radius 2 is 1.94 bits per heavy atom. The van der Waals surface area contributed by atoms with Gasteiger partial charge in [0, 0.05) is 31.4 Å². The molecule has 35 heavy (non-hydrogen) atoms. The van der Waals surface area contributed by atoms with E-state index in [0.717, 1.165) is 30.0 Å². The number of aromatic nitrogens is 3. The van der Waals surface area contributed by atoms with Crippen molar-refractivity contribution in [2.45, 2.75) is 0 Å². The largest absolute Gasteiger partial charge is 0.372 e. The summed E-state index contributed by atoms with van der Waals surface area (Å²) in [5.74, 6) is -0.246. The van der Waals surface area contributed by atoms with Gasteiger partial charge in [-0.15, -0.1) is 5.10 Å². The van der Waals surface area contributed by atoms with Crippen molar-refractivity contribution in [3.63, 3.8) is 0 Å². The van der Waals surface area contributed by atoms with Crippen LogP contribution in [0.4, 0.5) is 27.4 Å². The van der Waals surface area contributed by atoms with Gasteiger partial charge in [0.25, 0.3) is 0 Å². The average molecular weight is 474 g/mol. The number of nitrogens with zero attached hydrogens (tertiary/aromatic N) is 5. The Labute approximate surface area is 203 Å². The van der Waals surface area contributed by atoms with Crippen LogP contribution >= 0.6 is 0 Å². The number of rotatable bonds is 9.